The number of amides is 1. The van der Waals surface area contributed by atoms with Crippen LogP contribution in [0.1, 0.15) is 41.8 Å². The molecule has 0 atom stereocenters. The van der Waals surface area contributed by atoms with Crippen LogP contribution in [0.15, 0.2) is 46.1 Å². The van der Waals surface area contributed by atoms with Crippen molar-refractivity contribution in [2.24, 2.45) is 4.99 Å². The van der Waals surface area contributed by atoms with E-state index in [1.165, 1.54) is 31.9 Å². The average Bonchev–Trinajstić information content (AvgIpc) is 3.22. The molecule has 2 aliphatic rings. The van der Waals surface area contributed by atoms with E-state index in [0.717, 1.165) is 43.5 Å². The smallest absolute Gasteiger partial charge is 0.289 e. The van der Waals surface area contributed by atoms with Crippen LogP contribution in [0.25, 0.3) is 0 Å². The molecule has 0 radical (unpaired) electrons. The number of piperazine rings is 1. The predicted octanol–water partition coefficient (Wildman–Crippen LogP) is 2.59. The number of anilines is 1. The molecule has 166 valence electrons. The summed E-state index contributed by atoms with van der Waals surface area (Å²) >= 11 is 0. The van der Waals surface area contributed by atoms with E-state index in [4.69, 9.17) is 9.40 Å². The molecule has 2 saturated heterocycles. The molecular formula is C23H32N6O2. The van der Waals surface area contributed by atoms with Crippen molar-refractivity contribution in [1.82, 2.24) is 20.1 Å². The Kier molecular flexibility index (Phi) is 7.07. The van der Waals surface area contributed by atoms with Gasteiger partial charge in [0.2, 0.25) is 0 Å². The molecule has 0 aromatic carbocycles. The van der Waals surface area contributed by atoms with Crippen molar-refractivity contribution in [2.75, 3.05) is 51.2 Å². The van der Waals surface area contributed by atoms with Gasteiger partial charge in [-0.1, -0.05) is 18.9 Å². The number of aliphatic imine (C=N–C) groups is 1. The third kappa shape index (κ3) is 5.37. The number of carbonyl (C=O) groups is 1. The molecule has 0 bridgehead atoms. The van der Waals surface area contributed by atoms with Crippen LogP contribution < -0.4 is 10.2 Å². The average molecular weight is 425 g/mol. The quantitative estimate of drug-likeness (QED) is 0.601. The maximum Gasteiger partial charge on any atom is 0.289 e. The van der Waals surface area contributed by atoms with Crippen LogP contribution in [0.3, 0.4) is 0 Å². The highest BCUT2D eigenvalue weighted by molar-refractivity contribution is 5.91. The highest BCUT2D eigenvalue weighted by Gasteiger charge is 2.25. The van der Waals surface area contributed by atoms with Gasteiger partial charge < -0.3 is 24.4 Å². The fourth-order valence-corrected chi connectivity index (χ4v) is 4.20. The van der Waals surface area contributed by atoms with Gasteiger partial charge in [0, 0.05) is 59.1 Å². The molecule has 0 saturated carbocycles. The van der Waals surface area contributed by atoms with Gasteiger partial charge in [0.25, 0.3) is 5.91 Å². The lowest BCUT2D eigenvalue weighted by Gasteiger charge is -2.36. The lowest BCUT2D eigenvalue weighted by molar-refractivity contribution is 0.0657. The Morgan fingerprint density at radius 2 is 1.77 bits per heavy atom. The zero-order valence-electron chi connectivity index (χ0n) is 18.3. The van der Waals surface area contributed by atoms with Crippen molar-refractivity contribution < 1.29 is 9.21 Å². The van der Waals surface area contributed by atoms with Crippen molar-refractivity contribution in [3.05, 3.63) is 48.0 Å². The minimum Gasteiger partial charge on any atom is -0.459 e. The Morgan fingerprint density at radius 3 is 2.39 bits per heavy atom. The highest BCUT2D eigenvalue weighted by Crippen LogP contribution is 2.17. The van der Waals surface area contributed by atoms with Gasteiger partial charge in [-0.05, 0) is 36.6 Å². The Bertz CT molecular complexity index is 849. The zero-order chi connectivity index (χ0) is 21.5. The molecule has 1 N–H and O–H groups in total. The van der Waals surface area contributed by atoms with Crippen LogP contribution in [-0.4, -0.2) is 73.0 Å². The Hall–Kier alpha value is -3.03. The molecule has 8 heteroatoms. The second-order valence-corrected chi connectivity index (χ2v) is 8.08. The fraction of sp³-hybridized carbons (Fsp3) is 0.522. The summed E-state index contributed by atoms with van der Waals surface area (Å²) in [6.07, 6.45) is 8.64. The maximum atomic E-state index is 12.4. The van der Waals surface area contributed by atoms with Gasteiger partial charge in [-0.25, -0.2) is 4.98 Å². The van der Waals surface area contributed by atoms with E-state index in [1.807, 2.05) is 11.1 Å². The summed E-state index contributed by atoms with van der Waals surface area (Å²) in [4.78, 5) is 28.0. The van der Waals surface area contributed by atoms with Crippen LogP contribution in [0.5, 0.6) is 0 Å². The lowest BCUT2D eigenvalue weighted by Crippen LogP contribution is -2.53. The monoisotopic (exact) mass is 424 g/mol. The lowest BCUT2D eigenvalue weighted by atomic mass is 10.2. The topological polar surface area (TPSA) is 77.2 Å². The van der Waals surface area contributed by atoms with E-state index in [2.05, 4.69) is 32.2 Å². The molecule has 4 rings (SSSR count). The molecule has 4 heterocycles. The van der Waals surface area contributed by atoms with Crippen LogP contribution in [-0.2, 0) is 6.54 Å². The second kappa shape index (κ2) is 10.3. The van der Waals surface area contributed by atoms with Crippen LogP contribution >= 0.6 is 0 Å². The summed E-state index contributed by atoms with van der Waals surface area (Å²) in [5.41, 5.74) is 1.13. The standard InChI is InChI=1S/C23H32N6O2/c1-24-23(29-14-12-28(13-15-29)22(30)20-7-6-16-31-20)26-18-19-8-9-21(25-17-19)27-10-4-2-3-5-11-27/h6-9,16-17H,2-5,10-15,18H2,1H3,(H,24,26). The largest absolute Gasteiger partial charge is 0.459 e. The molecule has 8 nitrogen and oxygen atoms in total. The van der Waals surface area contributed by atoms with Crippen molar-refractivity contribution >= 4 is 17.7 Å². The van der Waals surface area contributed by atoms with Crippen LogP contribution in [0.4, 0.5) is 5.82 Å². The fourth-order valence-electron chi connectivity index (χ4n) is 4.20. The first-order chi connectivity index (χ1) is 15.2. The molecule has 2 fully saturated rings. The summed E-state index contributed by atoms with van der Waals surface area (Å²) in [6.45, 7) is 5.64. The summed E-state index contributed by atoms with van der Waals surface area (Å²) in [7, 11) is 1.80. The van der Waals surface area contributed by atoms with Gasteiger partial charge in [-0.3, -0.25) is 9.79 Å². The number of hydrogen-bond acceptors (Lipinski definition) is 5. The zero-order valence-corrected chi connectivity index (χ0v) is 18.3. The minimum atomic E-state index is -0.0526. The molecule has 0 spiro atoms. The SMILES string of the molecule is CN=C(NCc1ccc(N2CCCCCC2)nc1)N1CCN(C(=O)c2ccco2)CC1. The van der Waals surface area contributed by atoms with Gasteiger partial charge in [-0.15, -0.1) is 0 Å². The van der Waals surface area contributed by atoms with E-state index < -0.39 is 0 Å². The number of nitrogens with one attached hydrogen (secondary N) is 1. The number of guanidine groups is 1. The van der Waals surface area contributed by atoms with E-state index in [-0.39, 0.29) is 5.91 Å². The van der Waals surface area contributed by atoms with Crippen molar-refractivity contribution in [3.63, 3.8) is 0 Å². The number of hydrogen-bond donors (Lipinski definition) is 1. The van der Waals surface area contributed by atoms with Crippen LogP contribution in [0, 0.1) is 0 Å². The summed E-state index contributed by atoms with van der Waals surface area (Å²) in [5.74, 6) is 2.27. The Labute approximate surface area is 183 Å². The summed E-state index contributed by atoms with van der Waals surface area (Å²) in [5, 5.41) is 3.44. The van der Waals surface area contributed by atoms with Crippen molar-refractivity contribution in [2.45, 2.75) is 32.2 Å². The number of carbonyl (C=O) groups excluding carboxylic acids is 1. The molecule has 2 aromatic heterocycles. The number of aromatic nitrogens is 1. The van der Waals surface area contributed by atoms with Crippen LogP contribution in [0.2, 0.25) is 0 Å². The van der Waals surface area contributed by atoms with Crippen molar-refractivity contribution in [1.29, 1.82) is 0 Å². The predicted molar refractivity (Wildman–Crippen MR) is 121 cm³/mol. The highest BCUT2D eigenvalue weighted by atomic mass is 16.3. The molecule has 31 heavy (non-hydrogen) atoms. The molecule has 0 unspecified atom stereocenters. The summed E-state index contributed by atoms with van der Waals surface area (Å²) < 4.78 is 5.23. The van der Waals surface area contributed by atoms with Gasteiger partial charge in [0.05, 0.1) is 6.26 Å². The molecule has 2 aromatic rings. The number of pyridine rings is 1. The number of nitrogens with zero attached hydrogens (tertiary/aromatic N) is 5. The third-order valence-corrected chi connectivity index (χ3v) is 6.00. The Morgan fingerprint density at radius 1 is 1.03 bits per heavy atom. The third-order valence-electron chi connectivity index (χ3n) is 6.00. The molecular weight excluding hydrogens is 392 g/mol. The van der Waals surface area contributed by atoms with Gasteiger partial charge in [-0.2, -0.15) is 0 Å². The first kappa shape index (κ1) is 21.2. The van der Waals surface area contributed by atoms with Gasteiger partial charge in [0.15, 0.2) is 11.7 Å². The number of rotatable bonds is 4. The maximum absolute atomic E-state index is 12.4. The summed E-state index contributed by atoms with van der Waals surface area (Å²) in [6, 6.07) is 7.73. The number of furan rings is 1. The minimum absolute atomic E-state index is 0.0526. The molecule has 0 aliphatic carbocycles. The van der Waals surface area contributed by atoms with Gasteiger partial charge >= 0.3 is 0 Å². The Balaban J connectivity index is 1.26. The molecule has 2 aliphatic heterocycles. The molecule has 1 amide bonds. The van der Waals surface area contributed by atoms with E-state index >= 15 is 0 Å². The van der Waals surface area contributed by atoms with Gasteiger partial charge in [0.1, 0.15) is 5.82 Å². The van der Waals surface area contributed by atoms with Crippen molar-refractivity contribution in [3.8, 4) is 0 Å². The van der Waals surface area contributed by atoms with E-state index in [1.54, 1.807) is 19.2 Å². The first-order valence-corrected chi connectivity index (χ1v) is 11.2. The van der Waals surface area contributed by atoms with E-state index in [9.17, 15) is 4.79 Å². The first-order valence-electron chi connectivity index (χ1n) is 11.2. The van der Waals surface area contributed by atoms with E-state index in [0.29, 0.717) is 25.4 Å². The normalized spacial score (nSPS) is 18.1. The second-order valence-electron chi connectivity index (χ2n) is 8.08.